The van der Waals surface area contributed by atoms with Crippen LogP contribution in [0.3, 0.4) is 0 Å². The molecule has 0 aliphatic carbocycles. The van der Waals surface area contributed by atoms with E-state index in [0.29, 0.717) is 17.6 Å². The zero-order chi connectivity index (χ0) is 15.4. The van der Waals surface area contributed by atoms with Crippen molar-refractivity contribution in [1.82, 2.24) is 10.2 Å². The number of fused-ring (bicyclic) bond motifs is 1. The Morgan fingerprint density at radius 2 is 2.05 bits per heavy atom. The molecule has 2 fully saturated rings. The molecule has 1 amide bonds. The number of carbonyl (C=O) groups is 1. The summed E-state index contributed by atoms with van der Waals surface area (Å²) in [6.45, 7) is 2.56. The van der Waals surface area contributed by atoms with Crippen molar-refractivity contribution in [3.63, 3.8) is 0 Å². The molecule has 22 heavy (non-hydrogen) atoms. The summed E-state index contributed by atoms with van der Waals surface area (Å²) in [6, 6.07) is 10.1. The lowest BCUT2D eigenvalue weighted by molar-refractivity contribution is -0.120. The largest absolute Gasteiger partial charge is 0.376 e. The second-order valence-electron chi connectivity index (χ2n) is 6.10. The summed E-state index contributed by atoms with van der Waals surface area (Å²) in [5.41, 5.74) is 1.48. The van der Waals surface area contributed by atoms with Crippen LogP contribution in [0.25, 0.3) is 0 Å². The molecule has 0 saturated carbocycles. The number of amides is 1. The van der Waals surface area contributed by atoms with E-state index in [1.807, 2.05) is 12.1 Å². The van der Waals surface area contributed by atoms with Gasteiger partial charge in [0, 0.05) is 24.3 Å². The van der Waals surface area contributed by atoms with Gasteiger partial charge in [0.05, 0.1) is 18.2 Å². The Kier molecular flexibility index (Phi) is 4.59. The summed E-state index contributed by atoms with van der Waals surface area (Å²) < 4.78 is 0. The van der Waals surface area contributed by atoms with E-state index in [2.05, 4.69) is 21.6 Å². The lowest BCUT2D eigenvalue weighted by atomic mass is 9.99. The molecule has 0 unspecified atom stereocenters. The number of anilines is 1. The van der Waals surface area contributed by atoms with Crippen molar-refractivity contribution in [3.8, 4) is 6.07 Å². The molecule has 1 aromatic rings. The van der Waals surface area contributed by atoms with Crippen LogP contribution >= 0.6 is 0 Å². The van der Waals surface area contributed by atoms with Crippen molar-refractivity contribution in [3.05, 3.63) is 29.8 Å². The van der Waals surface area contributed by atoms with Crippen LogP contribution in [0.4, 0.5) is 5.69 Å². The number of piperidine rings is 1. The second kappa shape index (κ2) is 6.80. The Balaban J connectivity index is 1.47. The highest BCUT2D eigenvalue weighted by Gasteiger charge is 2.35. The topological polar surface area (TPSA) is 68.2 Å². The van der Waals surface area contributed by atoms with Gasteiger partial charge in [-0.3, -0.25) is 9.69 Å². The minimum atomic E-state index is 0.0433. The molecule has 2 aliphatic heterocycles. The molecule has 2 N–H and O–H groups in total. The number of nitriles is 1. The first kappa shape index (κ1) is 14.9. The van der Waals surface area contributed by atoms with Crippen molar-refractivity contribution in [2.75, 3.05) is 25.0 Å². The van der Waals surface area contributed by atoms with E-state index in [-0.39, 0.29) is 12.5 Å². The summed E-state index contributed by atoms with van der Waals surface area (Å²) in [6.07, 6.45) is 4.83. The van der Waals surface area contributed by atoms with Gasteiger partial charge in [-0.1, -0.05) is 6.42 Å². The van der Waals surface area contributed by atoms with E-state index >= 15 is 0 Å². The lowest BCUT2D eigenvalue weighted by Gasteiger charge is -2.32. The van der Waals surface area contributed by atoms with Gasteiger partial charge in [0.2, 0.25) is 5.91 Å². The molecule has 2 heterocycles. The van der Waals surface area contributed by atoms with Gasteiger partial charge in [-0.2, -0.15) is 5.26 Å². The number of hydrogen-bond acceptors (Lipinski definition) is 4. The first-order valence-corrected chi connectivity index (χ1v) is 8.04. The number of carbonyl (C=O) groups excluding carboxylic acids is 1. The molecule has 0 bridgehead atoms. The van der Waals surface area contributed by atoms with Crippen LogP contribution in [-0.2, 0) is 4.79 Å². The maximum absolute atomic E-state index is 12.1. The maximum atomic E-state index is 12.1. The molecular weight excluding hydrogens is 276 g/mol. The number of hydrogen-bond donors (Lipinski definition) is 2. The third-order valence-corrected chi connectivity index (χ3v) is 4.67. The van der Waals surface area contributed by atoms with Crippen LogP contribution < -0.4 is 10.6 Å². The van der Waals surface area contributed by atoms with Crippen LogP contribution in [0.5, 0.6) is 0 Å². The number of nitrogens with zero attached hydrogens (tertiary/aromatic N) is 2. The highest BCUT2D eigenvalue weighted by atomic mass is 16.2. The van der Waals surface area contributed by atoms with E-state index in [0.717, 1.165) is 18.7 Å². The van der Waals surface area contributed by atoms with Crippen molar-refractivity contribution in [2.45, 2.75) is 37.8 Å². The number of benzene rings is 1. The van der Waals surface area contributed by atoms with Gasteiger partial charge in [0.1, 0.15) is 0 Å². The van der Waals surface area contributed by atoms with Crippen LogP contribution in [-0.4, -0.2) is 42.5 Å². The first-order valence-electron chi connectivity index (χ1n) is 8.04. The van der Waals surface area contributed by atoms with Gasteiger partial charge < -0.3 is 10.6 Å². The summed E-state index contributed by atoms with van der Waals surface area (Å²) in [5, 5.41) is 15.0. The molecule has 3 rings (SSSR count). The zero-order valence-corrected chi connectivity index (χ0v) is 12.7. The van der Waals surface area contributed by atoms with Crippen molar-refractivity contribution in [2.24, 2.45) is 0 Å². The number of rotatable bonds is 4. The normalized spacial score (nSPS) is 24.3. The molecule has 2 atom stereocenters. The SMILES string of the molecule is N#Cc1ccc(NCC(=O)N[C@H]2CCN3CCCC[C@@H]23)cc1. The average molecular weight is 298 g/mol. The summed E-state index contributed by atoms with van der Waals surface area (Å²) >= 11 is 0. The molecule has 2 saturated heterocycles. The summed E-state index contributed by atoms with van der Waals surface area (Å²) in [7, 11) is 0. The molecule has 2 aliphatic rings. The predicted octanol–water partition coefficient (Wildman–Crippen LogP) is 1.71. The van der Waals surface area contributed by atoms with Gasteiger partial charge >= 0.3 is 0 Å². The first-order chi connectivity index (χ1) is 10.8. The van der Waals surface area contributed by atoms with E-state index in [1.165, 1.54) is 25.8 Å². The second-order valence-corrected chi connectivity index (χ2v) is 6.10. The molecule has 5 nitrogen and oxygen atoms in total. The third-order valence-electron chi connectivity index (χ3n) is 4.67. The highest BCUT2D eigenvalue weighted by Crippen LogP contribution is 2.27. The van der Waals surface area contributed by atoms with Crippen LogP contribution in [0.1, 0.15) is 31.2 Å². The maximum Gasteiger partial charge on any atom is 0.239 e. The van der Waals surface area contributed by atoms with Gasteiger partial charge in [0.15, 0.2) is 0 Å². The Bertz CT molecular complexity index is 563. The highest BCUT2D eigenvalue weighted by molar-refractivity contribution is 5.81. The number of nitrogens with one attached hydrogen (secondary N) is 2. The Labute approximate surface area is 131 Å². The Morgan fingerprint density at radius 1 is 1.23 bits per heavy atom. The Morgan fingerprint density at radius 3 is 2.82 bits per heavy atom. The van der Waals surface area contributed by atoms with Crippen LogP contribution in [0, 0.1) is 11.3 Å². The summed E-state index contributed by atoms with van der Waals surface area (Å²) in [5.74, 6) is 0.0433. The monoisotopic (exact) mass is 298 g/mol. The average Bonchev–Trinajstić information content (AvgIpc) is 2.97. The lowest BCUT2D eigenvalue weighted by Crippen LogP contribution is -2.48. The van der Waals surface area contributed by atoms with Gasteiger partial charge in [-0.15, -0.1) is 0 Å². The molecule has 1 aromatic carbocycles. The quantitative estimate of drug-likeness (QED) is 0.888. The minimum Gasteiger partial charge on any atom is -0.376 e. The molecule has 0 spiro atoms. The molecule has 0 radical (unpaired) electrons. The third kappa shape index (κ3) is 3.40. The van der Waals surface area contributed by atoms with Crippen molar-refractivity contribution < 1.29 is 4.79 Å². The minimum absolute atomic E-state index is 0.0433. The fraction of sp³-hybridized carbons (Fsp3) is 0.529. The fourth-order valence-corrected chi connectivity index (χ4v) is 3.52. The van der Waals surface area contributed by atoms with Gasteiger partial charge in [0.25, 0.3) is 0 Å². The van der Waals surface area contributed by atoms with Crippen LogP contribution in [0.15, 0.2) is 24.3 Å². The smallest absolute Gasteiger partial charge is 0.239 e. The van der Waals surface area contributed by atoms with E-state index < -0.39 is 0 Å². The molecular formula is C17H22N4O. The fourth-order valence-electron chi connectivity index (χ4n) is 3.52. The van der Waals surface area contributed by atoms with E-state index in [1.54, 1.807) is 12.1 Å². The zero-order valence-electron chi connectivity index (χ0n) is 12.7. The summed E-state index contributed by atoms with van der Waals surface area (Å²) in [4.78, 5) is 14.6. The standard InChI is InChI=1S/C17H22N4O/c18-11-13-4-6-14(7-5-13)19-12-17(22)20-15-8-10-21-9-2-1-3-16(15)21/h4-7,15-16,19H,1-3,8-10,12H2,(H,20,22)/t15-,16-/m0/s1. The Hall–Kier alpha value is -2.06. The van der Waals surface area contributed by atoms with E-state index in [9.17, 15) is 4.79 Å². The molecule has 0 aromatic heterocycles. The van der Waals surface area contributed by atoms with E-state index in [4.69, 9.17) is 5.26 Å². The predicted molar refractivity (Wildman–Crippen MR) is 85.4 cm³/mol. The van der Waals surface area contributed by atoms with Crippen molar-refractivity contribution >= 4 is 11.6 Å². The van der Waals surface area contributed by atoms with Gasteiger partial charge in [-0.25, -0.2) is 0 Å². The van der Waals surface area contributed by atoms with Crippen molar-refractivity contribution in [1.29, 1.82) is 5.26 Å². The van der Waals surface area contributed by atoms with Crippen LogP contribution in [0.2, 0.25) is 0 Å². The molecule has 5 heteroatoms. The molecule has 116 valence electrons. The van der Waals surface area contributed by atoms with Gasteiger partial charge in [-0.05, 0) is 50.1 Å².